The number of amides is 1. The number of hydrogen-bond acceptors (Lipinski definition) is 9. The zero-order chi connectivity index (χ0) is 30.6. The smallest absolute Gasteiger partial charge is 0.359 e. The number of β-lactam (4-membered cyclic amide) rings is 1. The van der Waals surface area contributed by atoms with E-state index in [-0.39, 0.29) is 22.5 Å². The highest BCUT2D eigenvalue weighted by Crippen LogP contribution is 2.58. The molecule has 0 saturated carbocycles. The topological polar surface area (TPSA) is 115 Å². The molecule has 2 heterocycles. The predicted octanol–water partition coefficient (Wildman–Crippen LogP) is 4.90. The fourth-order valence-corrected chi connectivity index (χ4v) is 6.61. The number of carbonyl (C=O) groups is 3. The Labute approximate surface area is 242 Å². The molecule has 1 aromatic rings. The number of benzene rings is 1. The van der Waals surface area contributed by atoms with Gasteiger partial charge in [-0.05, 0) is 63.1 Å². The van der Waals surface area contributed by atoms with Crippen LogP contribution in [-0.2, 0) is 39.4 Å². The van der Waals surface area contributed by atoms with Crippen LogP contribution in [0.2, 0.25) is 0 Å². The van der Waals surface area contributed by atoms with E-state index in [2.05, 4.69) is 0 Å². The SMILES string of the molecule is CO[C@@H]1C(=O)N2[C@@H]1SC(C)(C)[C@]2(N=Cc1cc(C(C)(C)C)c(O)c(C(C)(C)C)c1)C(=O)OCOC(=O)C(C)(C)C. The number of methoxy groups -OCH3 is 1. The first kappa shape index (κ1) is 31.9. The minimum atomic E-state index is -1.75. The molecule has 9 nitrogen and oxygen atoms in total. The summed E-state index contributed by atoms with van der Waals surface area (Å²) in [6.45, 7) is 20.2. The van der Waals surface area contributed by atoms with E-state index in [4.69, 9.17) is 19.2 Å². The number of phenols is 1. The summed E-state index contributed by atoms with van der Waals surface area (Å²) in [5.41, 5.74) is -1.11. The minimum absolute atomic E-state index is 0.226. The Bertz CT molecular complexity index is 1180. The summed E-state index contributed by atoms with van der Waals surface area (Å²) in [4.78, 5) is 45.5. The second-order valence-electron chi connectivity index (χ2n) is 14.0. The highest BCUT2D eigenvalue weighted by Gasteiger charge is 2.74. The lowest BCUT2D eigenvalue weighted by Gasteiger charge is -2.47. The Morgan fingerprint density at radius 3 is 2.00 bits per heavy atom. The van der Waals surface area contributed by atoms with Gasteiger partial charge in [-0.3, -0.25) is 19.5 Å². The monoisotopic (exact) mass is 576 g/mol. The van der Waals surface area contributed by atoms with Gasteiger partial charge in [-0.15, -0.1) is 11.8 Å². The molecule has 222 valence electrons. The fraction of sp³-hybridized carbons (Fsp3) is 0.667. The van der Waals surface area contributed by atoms with Crippen molar-refractivity contribution in [3.05, 3.63) is 28.8 Å². The quantitative estimate of drug-likeness (QED) is 0.220. The van der Waals surface area contributed by atoms with Gasteiger partial charge in [0.15, 0.2) is 6.10 Å². The van der Waals surface area contributed by atoms with Crippen molar-refractivity contribution in [1.82, 2.24) is 4.90 Å². The molecule has 0 unspecified atom stereocenters. The average molecular weight is 577 g/mol. The summed E-state index contributed by atoms with van der Waals surface area (Å²) in [5.74, 6) is -1.48. The molecule has 40 heavy (non-hydrogen) atoms. The van der Waals surface area contributed by atoms with E-state index in [1.165, 1.54) is 23.8 Å². The largest absolute Gasteiger partial charge is 0.507 e. The molecule has 0 aromatic heterocycles. The normalized spacial score (nSPS) is 24.6. The molecule has 1 amide bonds. The molecule has 3 atom stereocenters. The number of nitrogens with zero attached hydrogens (tertiary/aromatic N) is 2. The molecule has 0 radical (unpaired) electrons. The predicted molar refractivity (Wildman–Crippen MR) is 155 cm³/mol. The van der Waals surface area contributed by atoms with E-state index in [1.54, 1.807) is 27.0 Å². The van der Waals surface area contributed by atoms with Gasteiger partial charge in [0, 0.05) is 24.5 Å². The fourth-order valence-electron chi connectivity index (χ4n) is 4.90. The van der Waals surface area contributed by atoms with E-state index in [0.29, 0.717) is 5.56 Å². The molecule has 0 aliphatic carbocycles. The molecule has 2 saturated heterocycles. The number of thioether (sulfide) groups is 1. The van der Waals surface area contributed by atoms with Crippen molar-refractivity contribution in [2.75, 3.05) is 13.9 Å². The van der Waals surface area contributed by atoms with Crippen LogP contribution < -0.4 is 0 Å². The molecule has 2 aliphatic heterocycles. The zero-order valence-corrected chi connectivity index (χ0v) is 26.6. The summed E-state index contributed by atoms with van der Waals surface area (Å²) in [7, 11) is 1.46. The Kier molecular flexibility index (Phi) is 8.26. The Balaban J connectivity index is 2.11. The third kappa shape index (κ3) is 5.49. The van der Waals surface area contributed by atoms with Gasteiger partial charge < -0.3 is 19.3 Å². The van der Waals surface area contributed by atoms with Crippen LogP contribution in [0.1, 0.15) is 92.9 Å². The van der Waals surface area contributed by atoms with E-state index < -0.39 is 46.0 Å². The Morgan fingerprint density at radius 1 is 1.02 bits per heavy atom. The number of phenolic OH excluding ortho intramolecular Hbond substituents is 1. The molecular weight excluding hydrogens is 532 g/mol. The van der Waals surface area contributed by atoms with Gasteiger partial charge >= 0.3 is 11.9 Å². The third-order valence-corrected chi connectivity index (χ3v) is 8.85. The van der Waals surface area contributed by atoms with E-state index in [1.807, 2.05) is 67.5 Å². The summed E-state index contributed by atoms with van der Waals surface area (Å²) < 4.78 is 15.1. The number of esters is 2. The molecule has 0 spiro atoms. The second kappa shape index (κ2) is 10.4. The lowest BCUT2D eigenvalue weighted by atomic mass is 9.78. The molecule has 2 fully saturated rings. The van der Waals surface area contributed by atoms with Crippen LogP contribution in [0.3, 0.4) is 0 Å². The number of aromatic hydroxyl groups is 1. The zero-order valence-electron chi connectivity index (χ0n) is 25.8. The van der Waals surface area contributed by atoms with Gasteiger partial charge in [-0.1, -0.05) is 41.5 Å². The maximum absolute atomic E-state index is 13.9. The van der Waals surface area contributed by atoms with Crippen molar-refractivity contribution < 1.29 is 33.7 Å². The molecule has 10 heteroatoms. The maximum atomic E-state index is 13.9. The van der Waals surface area contributed by atoms with Crippen molar-refractivity contribution in [3.63, 3.8) is 0 Å². The number of fused-ring (bicyclic) bond motifs is 1. The van der Waals surface area contributed by atoms with Crippen LogP contribution in [0.15, 0.2) is 17.1 Å². The third-order valence-electron chi connectivity index (χ3n) is 7.28. The number of carbonyl (C=O) groups excluding carboxylic acids is 3. The van der Waals surface area contributed by atoms with Crippen LogP contribution in [-0.4, -0.2) is 69.9 Å². The number of hydrogen-bond donors (Lipinski definition) is 1. The van der Waals surface area contributed by atoms with E-state index >= 15 is 0 Å². The maximum Gasteiger partial charge on any atom is 0.359 e. The molecule has 3 rings (SSSR count). The summed E-state index contributed by atoms with van der Waals surface area (Å²) in [5, 5.41) is 10.7. The Hall–Kier alpha value is -2.59. The molecular formula is C30H44N2O7S. The van der Waals surface area contributed by atoms with Crippen molar-refractivity contribution in [3.8, 4) is 5.75 Å². The molecule has 2 aliphatic rings. The number of rotatable bonds is 6. The second-order valence-corrected chi connectivity index (χ2v) is 15.7. The van der Waals surface area contributed by atoms with Gasteiger partial charge in [0.25, 0.3) is 5.91 Å². The van der Waals surface area contributed by atoms with Gasteiger partial charge in [0.05, 0.1) is 10.2 Å². The average Bonchev–Trinajstić information content (AvgIpc) is 3.00. The van der Waals surface area contributed by atoms with Crippen molar-refractivity contribution in [2.45, 2.75) is 109 Å². The molecule has 0 bridgehead atoms. The molecule has 1 aromatic carbocycles. The van der Waals surface area contributed by atoms with E-state index in [0.717, 1.165) is 11.1 Å². The first-order valence-corrected chi connectivity index (χ1v) is 14.3. The summed E-state index contributed by atoms with van der Waals surface area (Å²) >= 11 is 1.40. The van der Waals surface area contributed by atoms with Crippen LogP contribution in [0, 0.1) is 5.41 Å². The van der Waals surface area contributed by atoms with Crippen LogP contribution in [0.4, 0.5) is 0 Å². The highest BCUT2D eigenvalue weighted by atomic mass is 32.2. The Morgan fingerprint density at radius 2 is 1.55 bits per heavy atom. The lowest BCUT2D eigenvalue weighted by Crippen LogP contribution is -2.72. The minimum Gasteiger partial charge on any atom is -0.507 e. The number of aliphatic imine (C=N–C) groups is 1. The first-order chi connectivity index (χ1) is 18.1. The van der Waals surface area contributed by atoms with Gasteiger partial charge in [0.2, 0.25) is 12.5 Å². The van der Waals surface area contributed by atoms with Crippen LogP contribution >= 0.6 is 11.8 Å². The molecule has 1 N–H and O–H groups in total. The lowest BCUT2D eigenvalue weighted by molar-refractivity contribution is -0.193. The van der Waals surface area contributed by atoms with Crippen LogP contribution in [0.25, 0.3) is 0 Å². The van der Waals surface area contributed by atoms with E-state index in [9.17, 15) is 19.5 Å². The van der Waals surface area contributed by atoms with Gasteiger partial charge in [-0.25, -0.2) is 4.79 Å². The van der Waals surface area contributed by atoms with Crippen molar-refractivity contribution >= 4 is 35.8 Å². The standard InChI is InChI=1S/C30H44N2O7S/c1-26(2,3)18-13-17(14-19(20(18)33)27(4,5)6)15-31-30(25(36)39-16-38-24(35)28(7,8)9)29(10,11)40-23-21(37-12)22(34)32(23)30/h13-15,21,23,33H,16H2,1-12H3/t21-,23-,30+/m1/s1. The van der Waals surface area contributed by atoms with Crippen molar-refractivity contribution in [2.24, 2.45) is 10.4 Å². The highest BCUT2D eigenvalue weighted by molar-refractivity contribution is 8.01. The van der Waals surface area contributed by atoms with Crippen LogP contribution in [0.5, 0.6) is 5.75 Å². The number of ether oxygens (including phenoxy) is 3. The van der Waals surface area contributed by atoms with Gasteiger partial charge in [-0.2, -0.15) is 0 Å². The van der Waals surface area contributed by atoms with Gasteiger partial charge in [0.1, 0.15) is 11.1 Å². The summed E-state index contributed by atoms with van der Waals surface area (Å²) in [6, 6.07) is 3.70. The van der Waals surface area contributed by atoms with Crippen molar-refractivity contribution in [1.29, 1.82) is 0 Å². The first-order valence-electron chi connectivity index (χ1n) is 13.4. The summed E-state index contributed by atoms with van der Waals surface area (Å²) in [6.07, 6.45) is 0.853.